The van der Waals surface area contributed by atoms with Crippen molar-refractivity contribution in [2.24, 2.45) is 0 Å². The molecule has 0 atom stereocenters. The van der Waals surface area contributed by atoms with Crippen LogP contribution in [0.25, 0.3) is 16.9 Å². The zero-order valence-corrected chi connectivity index (χ0v) is 17.4. The average Bonchev–Trinajstić information content (AvgIpc) is 3.38. The van der Waals surface area contributed by atoms with E-state index in [1.54, 1.807) is 40.3 Å². The van der Waals surface area contributed by atoms with Gasteiger partial charge in [0, 0.05) is 51.2 Å². The van der Waals surface area contributed by atoms with Crippen LogP contribution in [0.4, 0.5) is 0 Å². The first-order valence-corrected chi connectivity index (χ1v) is 10.5. The van der Waals surface area contributed by atoms with Crippen molar-refractivity contribution in [2.75, 3.05) is 32.7 Å². The summed E-state index contributed by atoms with van der Waals surface area (Å²) in [4.78, 5) is 37.9. The Morgan fingerprint density at radius 1 is 0.938 bits per heavy atom. The smallest absolute Gasteiger partial charge is 0.274 e. The van der Waals surface area contributed by atoms with Crippen molar-refractivity contribution >= 4 is 16.9 Å². The van der Waals surface area contributed by atoms with Crippen LogP contribution in [0.2, 0.25) is 0 Å². The molecule has 162 valence electrons. The minimum atomic E-state index is -0.149. The van der Waals surface area contributed by atoms with E-state index >= 15 is 0 Å². The van der Waals surface area contributed by atoms with Crippen molar-refractivity contribution in [3.05, 3.63) is 77.1 Å². The topological polar surface area (TPSA) is 102 Å². The van der Waals surface area contributed by atoms with Crippen LogP contribution in [-0.4, -0.2) is 78.0 Å². The van der Waals surface area contributed by atoms with E-state index in [9.17, 15) is 9.59 Å². The SMILES string of the molecule is O=C(c1cnc2ccccc2n1)N1CCN(CCn2nc(-n3cccn3)ccc2=O)CC1. The molecule has 1 aromatic carbocycles. The molecule has 5 rings (SSSR count). The molecule has 0 bridgehead atoms. The van der Waals surface area contributed by atoms with Crippen molar-refractivity contribution in [3.8, 4) is 5.82 Å². The molecule has 1 amide bonds. The van der Waals surface area contributed by atoms with Crippen LogP contribution in [0, 0.1) is 0 Å². The van der Waals surface area contributed by atoms with E-state index in [-0.39, 0.29) is 11.5 Å². The summed E-state index contributed by atoms with van der Waals surface area (Å²) in [5, 5.41) is 8.56. The molecule has 4 aromatic rings. The van der Waals surface area contributed by atoms with Gasteiger partial charge in [-0.05, 0) is 24.3 Å². The molecule has 10 heteroatoms. The number of rotatable bonds is 5. The maximum Gasteiger partial charge on any atom is 0.274 e. The molecule has 0 saturated carbocycles. The highest BCUT2D eigenvalue weighted by Gasteiger charge is 2.23. The van der Waals surface area contributed by atoms with E-state index < -0.39 is 0 Å². The van der Waals surface area contributed by atoms with Gasteiger partial charge < -0.3 is 4.90 Å². The average molecular weight is 430 g/mol. The van der Waals surface area contributed by atoms with Gasteiger partial charge in [0.25, 0.3) is 11.5 Å². The van der Waals surface area contributed by atoms with Crippen LogP contribution in [0.1, 0.15) is 10.5 Å². The number of carbonyl (C=O) groups is 1. The molecule has 0 N–H and O–H groups in total. The molecule has 1 saturated heterocycles. The molecule has 1 aliphatic rings. The predicted molar refractivity (Wildman–Crippen MR) is 118 cm³/mol. The lowest BCUT2D eigenvalue weighted by Gasteiger charge is -2.34. The highest BCUT2D eigenvalue weighted by Crippen LogP contribution is 2.12. The van der Waals surface area contributed by atoms with E-state index in [1.807, 2.05) is 24.3 Å². The van der Waals surface area contributed by atoms with Crippen molar-refractivity contribution < 1.29 is 4.79 Å². The normalized spacial score (nSPS) is 14.7. The number of para-hydroxylation sites is 2. The number of aromatic nitrogens is 6. The molecular formula is C22H22N8O2. The number of nitrogens with zero attached hydrogens (tertiary/aromatic N) is 8. The zero-order valence-electron chi connectivity index (χ0n) is 17.4. The third-order valence-corrected chi connectivity index (χ3v) is 5.55. The second-order valence-electron chi connectivity index (χ2n) is 7.58. The molecule has 0 radical (unpaired) electrons. The summed E-state index contributed by atoms with van der Waals surface area (Å²) >= 11 is 0. The third-order valence-electron chi connectivity index (χ3n) is 5.55. The van der Waals surface area contributed by atoms with E-state index in [1.165, 1.54) is 10.7 Å². The fourth-order valence-electron chi connectivity index (χ4n) is 3.76. The Kier molecular flexibility index (Phi) is 5.42. The molecule has 0 spiro atoms. The molecule has 32 heavy (non-hydrogen) atoms. The van der Waals surface area contributed by atoms with E-state index in [4.69, 9.17) is 0 Å². The molecule has 10 nitrogen and oxygen atoms in total. The Labute approximate surface area is 183 Å². The second kappa shape index (κ2) is 8.67. The Hall–Kier alpha value is -3.92. The van der Waals surface area contributed by atoms with Gasteiger partial charge in [0.1, 0.15) is 5.69 Å². The molecule has 0 unspecified atom stereocenters. The van der Waals surface area contributed by atoms with E-state index in [0.717, 1.165) is 18.6 Å². The minimum absolute atomic E-state index is 0.104. The lowest BCUT2D eigenvalue weighted by Crippen LogP contribution is -2.49. The maximum absolute atomic E-state index is 12.9. The fourth-order valence-corrected chi connectivity index (χ4v) is 3.76. The van der Waals surface area contributed by atoms with Crippen LogP contribution < -0.4 is 5.56 Å². The fraction of sp³-hybridized carbons (Fsp3) is 0.273. The summed E-state index contributed by atoms with van der Waals surface area (Å²) in [5.74, 6) is 0.495. The molecule has 3 aromatic heterocycles. The maximum atomic E-state index is 12.9. The van der Waals surface area contributed by atoms with Crippen molar-refractivity contribution in [2.45, 2.75) is 6.54 Å². The zero-order chi connectivity index (χ0) is 21.9. The van der Waals surface area contributed by atoms with Gasteiger partial charge in [-0.15, -0.1) is 5.10 Å². The van der Waals surface area contributed by atoms with Crippen molar-refractivity contribution in [3.63, 3.8) is 0 Å². The van der Waals surface area contributed by atoms with Gasteiger partial charge in [0.15, 0.2) is 5.82 Å². The Balaban J connectivity index is 1.18. The number of hydrogen-bond donors (Lipinski definition) is 0. The molecule has 1 aliphatic heterocycles. The molecule has 0 aliphatic carbocycles. The summed E-state index contributed by atoms with van der Waals surface area (Å²) in [6, 6.07) is 12.5. The van der Waals surface area contributed by atoms with Gasteiger partial charge in [-0.2, -0.15) is 5.10 Å². The summed E-state index contributed by atoms with van der Waals surface area (Å²) in [7, 11) is 0. The Morgan fingerprint density at radius 3 is 2.53 bits per heavy atom. The summed E-state index contributed by atoms with van der Waals surface area (Å²) in [6.07, 6.45) is 5.00. The van der Waals surface area contributed by atoms with Crippen LogP contribution in [0.3, 0.4) is 0 Å². The van der Waals surface area contributed by atoms with Crippen LogP contribution in [0.15, 0.2) is 65.8 Å². The summed E-state index contributed by atoms with van der Waals surface area (Å²) in [6.45, 7) is 3.79. The van der Waals surface area contributed by atoms with Gasteiger partial charge in [0.2, 0.25) is 0 Å². The molecule has 1 fully saturated rings. The van der Waals surface area contributed by atoms with Gasteiger partial charge in [-0.1, -0.05) is 12.1 Å². The lowest BCUT2D eigenvalue weighted by molar-refractivity contribution is 0.0625. The Bertz CT molecular complexity index is 1290. The number of piperazine rings is 1. The summed E-state index contributed by atoms with van der Waals surface area (Å²) < 4.78 is 3.08. The molecular weight excluding hydrogens is 408 g/mol. The second-order valence-corrected chi connectivity index (χ2v) is 7.58. The number of hydrogen-bond acceptors (Lipinski definition) is 7. The first-order valence-electron chi connectivity index (χ1n) is 10.5. The lowest BCUT2D eigenvalue weighted by atomic mass is 10.2. The van der Waals surface area contributed by atoms with Crippen LogP contribution >= 0.6 is 0 Å². The monoisotopic (exact) mass is 430 g/mol. The Morgan fingerprint density at radius 2 is 1.75 bits per heavy atom. The van der Waals surface area contributed by atoms with Crippen LogP contribution in [0.5, 0.6) is 0 Å². The van der Waals surface area contributed by atoms with Gasteiger partial charge in [0.05, 0.1) is 23.8 Å². The largest absolute Gasteiger partial charge is 0.335 e. The number of carbonyl (C=O) groups excluding carboxylic acids is 1. The third kappa shape index (κ3) is 4.12. The predicted octanol–water partition coefficient (Wildman–Crippen LogP) is 0.830. The van der Waals surface area contributed by atoms with Crippen molar-refractivity contribution in [1.82, 2.24) is 39.3 Å². The first kappa shape index (κ1) is 20.0. The molecule has 4 heterocycles. The quantitative estimate of drug-likeness (QED) is 0.462. The number of fused-ring (bicyclic) bond motifs is 1. The minimum Gasteiger partial charge on any atom is -0.335 e. The number of benzene rings is 1. The van der Waals surface area contributed by atoms with Crippen LogP contribution in [-0.2, 0) is 6.54 Å². The van der Waals surface area contributed by atoms with Gasteiger partial charge >= 0.3 is 0 Å². The number of amides is 1. The standard InChI is InChI=1S/C22H22N8O2/c31-21-7-6-20(29-9-3-8-24-29)26-30(21)15-12-27-10-13-28(14-11-27)22(32)19-16-23-17-4-1-2-5-18(17)25-19/h1-9,16H,10-15H2. The van der Waals surface area contributed by atoms with Crippen molar-refractivity contribution in [1.29, 1.82) is 0 Å². The summed E-state index contributed by atoms with van der Waals surface area (Å²) in [5.41, 5.74) is 1.70. The highest BCUT2D eigenvalue weighted by atomic mass is 16.2. The highest BCUT2D eigenvalue weighted by molar-refractivity contribution is 5.93. The van der Waals surface area contributed by atoms with Gasteiger partial charge in [-0.3, -0.25) is 19.5 Å². The first-order chi connectivity index (χ1) is 15.7. The van der Waals surface area contributed by atoms with E-state index in [2.05, 4.69) is 25.1 Å². The van der Waals surface area contributed by atoms with E-state index in [0.29, 0.717) is 43.2 Å². The van der Waals surface area contributed by atoms with Gasteiger partial charge in [-0.25, -0.2) is 14.3 Å².